The zero-order chi connectivity index (χ0) is 15.3. The van der Waals surface area contributed by atoms with Gasteiger partial charge in [0.25, 0.3) is 0 Å². The van der Waals surface area contributed by atoms with Crippen molar-refractivity contribution in [1.29, 1.82) is 0 Å². The van der Waals surface area contributed by atoms with Crippen molar-refractivity contribution >= 4 is 5.97 Å². The van der Waals surface area contributed by atoms with Gasteiger partial charge in [0.05, 0.1) is 19.5 Å². The first-order valence-corrected chi connectivity index (χ1v) is 7.45. The van der Waals surface area contributed by atoms with Crippen molar-refractivity contribution in [2.45, 2.75) is 46.1 Å². The first-order chi connectivity index (χ1) is 9.88. The SMILES string of the molecule is COC(=O)c1cncc(OC2CC3CCC2(C)C3(C)C)n1. The van der Waals surface area contributed by atoms with Gasteiger partial charge in [0.2, 0.25) is 5.88 Å². The molecule has 5 nitrogen and oxygen atoms in total. The van der Waals surface area contributed by atoms with Gasteiger partial charge in [-0.05, 0) is 30.6 Å². The Morgan fingerprint density at radius 3 is 2.67 bits per heavy atom. The van der Waals surface area contributed by atoms with Gasteiger partial charge >= 0.3 is 5.97 Å². The second-order valence-electron chi connectivity index (χ2n) is 6.95. The zero-order valence-electron chi connectivity index (χ0n) is 13.0. The first kappa shape index (κ1) is 14.3. The van der Waals surface area contributed by atoms with Gasteiger partial charge in [-0.15, -0.1) is 0 Å². The number of nitrogens with zero attached hydrogens (tertiary/aromatic N) is 2. The molecule has 2 aliphatic rings. The first-order valence-electron chi connectivity index (χ1n) is 7.45. The van der Waals surface area contributed by atoms with Gasteiger partial charge in [-0.3, -0.25) is 4.98 Å². The van der Waals surface area contributed by atoms with Crippen molar-refractivity contribution in [2.24, 2.45) is 16.7 Å². The van der Waals surface area contributed by atoms with Crippen molar-refractivity contribution in [3.63, 3.8) is 0 Å². The Morgan fingerprint density at radius 1 is 1.33 bits per heavy atom. The molecule has 2 fully saturated rings. The van der Waals surface area contributed by atoms with Crippen LogP contribution in [0.2, 0.25) is 0 Å². The fourth-order valence-electron chi connectivity index (χ4n) is 4.06. The van der Waals surface area contributed by atoms with Crippen LogP contribution in [0.25, 0.3) is 0 Å². The molecule has 0 amide bonds. The minimum Gasteiger partial charge on any atom is -0.473 e. The molecule has 2 aliphatic carbocycles. The summed E-state index contributed by atoms with van der Waals surface area (Å²) in [4.78, 5) is 19.8. The Labute approximate surface area is 125 Å². The molecule has 3 rings (SSSR count). The summed E-state index contributed by atoms with van der Waals surface area (Å²) < 4.78 is 10.8. The number of fused-ring (bicyclic) bond motifs is 2. The number of hydrogen-bond acceptors (Lipinski definition) is 5. The maximum atomic E-state index is 11.5. The summed E-state index contributed by atoms with van der Waals surface area (Å²) in [6.07, 6.45) is 6.60. The molecule has 1 heterocycles. The van der Waals surface area contributed by atoms with Gasteiger partial charge in [0.1, 0.15) is 6.10 Å². The van der Waals surface area contributed by atoms with Crippen LogP contribution in [0.15, 0.2) is 12.4 Å². The molecule has 0 aromatic carbocycles. The molecular weight excluding hydrogens is 268 g/mol. The molecule has 21 heavy (non-hydrogen) atoms. The van der Waals surface area contributed by atoms with E-state index in [1.165, 1.54) is 26.1 Å². The highest BCUT2D eigenvalue weighted by Crippen LogP contribution is 2.66. The summed E-state index contributed by atoms with van der Waals surface area (Å²) in [6, 6.07) is 0. The van der Waals surface area contributed by atoms with E-state index in [1.807, 2.05) is 0 Å². The molecule has 0 radical (unpaired) electrons. The number of rotatable bonds is 3. The van der Waals surface area contributed by atoms with Gasteiger partial charge in [0.15, 0.2) is 5.69 Å². The molecule has 1 aromatic heterocycles. The van der Waals surface area contributed by atoms with Crippen molar-refractivity contribution in [3.05, 3.63) is 18.1 Å². The minimum atomic E-state index is -0.493. The monoisotopic (exact) mass is 290 g/mol. The molecule has 0 N–H and O–H groups in total. The summed E-state index contributed by atoms with van der Waals surface area (Å²) in [5.41, 5.74) is 0.619. The molecule has 2 bridgehead atoms. The predicted octanol–water partition coefficient (Wildman–Crippen LogP) is 2.86. The van der Waals surface area contributed by atoms with E-state index in [2.05, 4.69) is 35.5 Å². The number of ether oxygens (including phenoxy) is 2. The van der Waals surface area contributed by atoms with Gasteiger partial charge in [0, 0.05) is 5.41 Å². The van der Waals surface area contributed by atoms with E-state index >= 15 is 0 Å². The van der Waals surface area contributed by atoms with Crippen LogP contribution in [0.4, 0.5) is 0 Å². The third-order valence-electron chi connectivity index (χ3n) is 5.98. The third kappa shape index (κ3) is 2.01. The normalized spacial score (nSPS) is 33.0. The molecule has 3 atom stereocenters. The van der Waals surface area contributed by atoms with Crippen LogP contribution in [-0.2, 0) is 4.74 Å². The third-order valence-corrected chi connectivity index (χ3v) is 5.98. The fourth-order valence-corrected chi connectivity index (χ4v) is 4.06. The quantitative estimate of drug-likeness (QED) is 0.801. The number of aromatic nitrogens is 2. The van der Waals surface area contributed by atoms with Crippen molar-refractivity contribution < 1.29 is 14.3 Å². The highest BCUT2D eigenvalue weighted by molar-refractivity contribution is 5.86. The lowest BCUT2D eigenvalue weighted by Crippen LogP contribution is -2.39. The Bertz CT molecular complexity index is 572. The lowest BCUT2D eigenvalue weighted by Gasteiger charge is -2.38. The van der Waals surface area contributed by atoms with Gasteiger partial charge in [-0.1, -0.05) is 20.8 Å². The smallest absolute Gasteiger partial charge is 0.358 e. The standard InChI is InChI=1S/C16H22N2O3/c1-15(2)10-5-6-16(15,3)12(7-10)21-13-9-17-8-11(18-13)14(19)20-4/h8-10,12H,5-7H2,1-4H3. The predicted molar refractivity (Wildman–Crippen MR) is 77.0 cm³/mol. The molecule has 0 aliphatic heterocycles. The van der Waals surface area contributed by atoms with E-state index in [1.54, 1.807) is 6.20 Å². The summed E-state index contributed by atoms with van der Waals surface area (Å²) in [7, 11) is 1.33. The summed E-state index contributed by atoms with van der Waals surface area (Å²) in [5.74, 6) is 0.615. The van der Waals surface area contributed by atoms with E-state index in [0.717, 1.165) is 6.42 Å². The highest BCUT2D eigenvalue weighted by atomic mass is 16.5. The second-order valence-corrected chi connectivity index (χ2v) is 6.95. The van der Waals surface area contributed by atoms with E-state index in [-0.39, 0.29) is 22.6 Å². The largest absolute Gasteiger partial charge is 0.473 e. The van der Waals surface area contributed by atoms with E-state index in [4.69, 9.17) is 4.74 Å². The van der Waals surface area contributed by atoms with Crippen molar-refractivity contribution in [1.82, 2.24) is 9.97 Å². The summed E-state index contributed by atoms with van der Waals surface area (Å²) in [6.45, 7) is 6.98. The minimum absolute atomic E-state index is 0.133. The number of carbonyl (C=O) groups excluding carboxylic acids is 1. The second kappa shape index (κ2) is 4.68. The average Bonchev–Trinajstić information content (AvgIpc) is 2.80. The molecule has 0 spiro atoms. The molecule has 2 saturated carbocycles. The Morgan fingerprint density at radius 2 is 2.10 bits per heavy atom. The van der Waals surface area contributed by atoms with Crippen LogP contribution in [0.3, 0.4) is 0 Å². The topological polar surface area (TPSA) is 61.3 Å². The fraction of sp³-hybridized carbons (Fsp3) is 0.688. The average molecular weight is 290 g/mol. The lowest BCUT2D eigenvalue weighted by atomic mass is 9.70. The Kier molecular flexibility index (Phi) is 3.19. The van der Waals surface area contributed by atoms with E-state index in [0.29, 0.717) is 11.8 Å². The summed E-state index contributed by atoms with van der Waals surface area (Å²) >= 11 is 0. The van der Waals surface area contributed by atoms with Crippen LogP contribution >= 0.6 is 0 Å². The molecule has 1 aromatic rings. The molecule has 3 unspecified atom stereocenters. The number of carbonyl (C=O) groups is 1. The van der Waals surface area contributed by atoms with Gasteiger partial charge < -0.3 is 9.47 Å². The van der Waals surface area contributed by atoms with Gasteiger partial charge in [-0.2, -0.15) is 0 Å². The number of methoxy groups -OCH3 is 1. The van der Waals surface area contributed by atoms with E-state index < -0.39 is 5.97 Å². The molecule has 5 heteroatoms. The van der Waals surface area contributed by atoms with Crippen molar-refractivity contribution in [3.8, 4) is 5.88 Å². The van der Waals surface area contributed by atoms with Crippen LogP contribution < -0.4 is 4.74 Å². The lowest BCUT2D eigenvalue weighted by molar-refractivity contribution is 0.0266. The number of esters is 1. The summed E-state index contributed by atoms with van der Waals surface area (Å²) in [5, 5.41) is 0. The molecular formula is C16H22N2O3. The van der Waals surface area contributed by atoms with Gasteiger partial charge in [-0.25, -0.2) is 9.78 Å². The number of hydrogen-bond donors (Lipinski definition) is 0. The maximum absolute atomic E-state index is 11.5. The van der Waals surface area contributed by atoms with Crippen LogP contribution in [0.5, 0.6) is 5.88 Å². The van der Waals surface area contributed by atoms with Crippen LogP contribution in [-0.4, -0.2) is 29.2 Å². The maximum Gasteiger partial charge on any atom is 0.358 e. The van der Waals surface area contributed by atoms with Crippen LogP contribution in [0, 0.1) is 16.7 Å². The molecule has 0 saturated heterocycles. The van der Waals surface area contributed by atoms with E-state index in [9.17, 15) is 4.79 Å². The Balaban J connectivity index is 1.81. The highest BCUT2D eigenvalue weighted by Gasteiger charge is 2.62. The van der Waals surface area contributed by atoms with Crippen molar-refractivity contribution in [2.75, 3.05) is 7.11 Å². The van der Waals surface area contributed by atoms with Crippen LogP contribution in [0.1, 0.15) is 50.5 Å². The molecule has 114 valence electrons. The Hall–Kier alpha value is -1.65. The zero-order valence-corrected chi connectivity index (χ0v) is 13.0.